The van der Waals surface area contributed by atoms with E-state index in [9.17, 15) is 87.2 Å². The number of amides is 14. The van der Waals surface area contributed by atoms with E-state index >= 15 is 0 Å². The van der Waals surface area contributed by atoms with Gasteiger partial charge in [0, 0.05) is 72.7 Å². The number of ether oxygens (including phenoxy) is 1. The van der Waals surface area contributed by atoms with Gasteiger partial charge in [0.05, 0.1) is 51.0 Å². The van der Waals surface area contributed by atoms with Gasteiger partial charge in [-0.1, -0.05) is 99.3 Å². The molecule has 2 fully saturated rings. The number of H-pyrrole nitrogens is 3. The number of rotatable bonds is 26. The van der Waals surface area contributed by atoms with E-state index in [4.69, 9.17) is 10.5 Å². The summed E-state index contributed by atoms with van der Waals surface area (Å²) in [5.74, 6) is -14.7. The average molecular weight is 1610 g/mol. The highest BCUT2D eigenvalue weighted by atomic mass is 16.5. The van der Waals surface area contributed by atoms with Crippen LogP contribution < -0.4 is 69.5 Å². The normalized spacial score (nSPS) is 22.0. The maximum atomic E-state index is 14.7. The Balaban J connectivity index is 1.18. The number of unbranched alkanes of at least 4 members (excludes halogenated alkanes) is 8. The van der Waals surface area contributed by atoms with Crippen molar-refractivity contribution >= 4 is 111 Å². The molecule has 7 rings (SSSR count). The molecule has 5 aromatic rings. The van der Waals surface area contributed by atoms with Crippen molar-refractivity contribution in [2.24, 2.45) is 23.5 Å². The molecule has 2 aliphatic heterocycles. The number of cyclic esters (lactones) is 1. The maximum absolute atomic E-state index is 14.7. The monoisotopic (exact) mass is 1600 g/mol. The maximum Gasteiger partial charge on any atom is 0.329 e. The number of carbonyl (C=O) groups is 15. The van der Waals surface area contributed by atoms with Crippen LogP contribution in [-0.2, 0) is 91.1 Å². The molecule has 628 valence electrons. The first kappa shape index (κ1) is 90.4. The SMILES string of the molecule is CC(C)CCCCCCCCCCCC1CC(=O)NCC(=O)NC(Cc2c[nH]cn2)C(=O)NC(C(C)C)C(=O)N2CCCC2C(=O)NCC(=O)NC(CCCNC(N)=O)C(=O)NC(Cc2c[nH]c3ccc(O)cc23)C(=O)NCC(=O)NC(Cc2c[nH]c3ccc(O)cc23)C(=O)NCC(=O)NC(C(C)C)C(=O)NC(CC(=O)O)C(=O)O1. The summed E-state index contributed by atoms with van der Waals surface area (Å²) in [5.41, 5.74) is 7.45. The number of aromatic hydroxyl groups is 2. The van der Waals surface area contributed by atoms with Gasteiger partial charge in [0.25, 0.3) is 0 Å². The van der Waals surface area contributed by atoms with Gasteiger partial charge in [-0.2, -0.15) is 0 Å². The number of nitrogens with two attached hydrogens (primary N) is 1. The predicted octanol–water partition coefficient (Wildman–Crippen LogP) is 1.16. The fourth-order valence-corrected chi connectivity index (χ4v) is 13.7. The number of phenols is 2. The lowest BCUT2D eigenvalue weighted by molar-refractivity contribution is -0.157. The Kier molecular flexibility index (Phi) is 35.5. The van der Waals surface area contributed by atoms with Crippen molar-refractivity contribution in [1.82, 2.24) is 88.6 Å². The minimum Gasteiger partial charge on any atom is -0.508 e. The third-order valence-electron chi connectivity index (χ3n) is 19.9. The number of aromatic nitrogens is 4. The molecule has 20 N–H and O–H groups in total. The van der Waals surface area contributed by atoms with Crippen LogP contribution in [0, 0.1) is 17.8 Å². The molecule has 0 spiro atoms. The Morgan fingerprint density at radius 1 is 0.539 bits per heavy atom. The Hall–Kier alpha value is -11.8. The topological polar surface area (TPSA) is 560 Å². The third-order valence-corrected chi connectivity index (χ3v) is 19.9. The summed E-state index contributed by atoms with van der Waals surface area (Å²) in [6, 6.07) is -4.09. The molecule has 0 bridgehead atoms. The number of aromatic amines is 3. The number of carboxylic acid groups (broad SMARTS) is 1. The number of benzene rings is 2. The van der Waals surface area contributed by atoms with Gasteiger partial charge in [-0.3, -0.25) is 62.3 Å². The molecule has 37 nitrogen and oxygen atoms in total. The summed E-state index contributed by atoms with van der Waals surface area (Å²) >= 11 is 0. The summed E-state index contributed by atoms with van der Waals surface area (Å²) in [4.78, 5) is 224. The van der Waals surface area contributed by atoms with E-state index in [2.05, 4.69) is 97.6 Å². The van der Waals surface area contributed by atoms with Crippen LogP contribution >= 0.6 is 0 Å². The summed E-state index contributed by atoms with van der Waals surface area (Å²) in [6.45, 7) is 7.50. The largest absolute Gasteiger partial charge is 0.508 e. The second kappa shape index (κ2) is 45.2. The van der Waals surface area contributed by atoms with Crippen molar-refractivity contribution < 1.29 is 92.0 Å². The molecule has 0 aliphatic carbocycles. The number of nitrogens with zero attached hydrogens (tertiary/aromatic N) is 2. The number of phenolic OH excluding ortho intramolecular Hbond substituents is 2. The lowest BCUT2D eigenvalue weighted by Gasteiger charge is -2.31. The van der Waals surface area contributed by atoms with E-state index < -0.39 is 194 Å². The minimum absolute atomic E-state index is 0.0117. The number of imidazole rings is 1. The molecule has 9 atom stereocenters. The smallest absolute Gasteiger partial charge is 0.329 e. The van der Waals surface area contributed by atoms with Crippen molar-refractivity contribution in [1.29, 1.82) is 0 Å². The molecule has 9 unspecified atom stereocenters. The van der Waals surface area contributed by atoms with E-state index in [1.54, 1.807) is 26.0 Å². The van der Waals surface area contributed by atoms with Crippen LogP contribution in [0.2, 0.25) is 0 Å². The number of fused-ring (bicyclic) bond motifs is 3. The number of carboxylic acids is 1. The van der Waals surface area contributed by atoms with Crippen LogP contribution in [0.5, 0.6) is 11.5 Å². The van der Waals surface area contributed by atoms with Gasteiger partial charge in [0.2, 0.25) is 70.9 Å². The summed E-state index contributed by atoms with van der Waals surface area (Å²) in [6.07, 6.45) is 12.0. The van der Waals surface area contributed by atoms with Crippen molar-refractivity contribution in [2.75, 3.05) is 39.3 Å². The van der Waals surface area contributed by atoms with Gasteiger partial charge in [-0.05, 0) is 104 Å². The summed E-state index contributed by atoms with van der Waals surface area (Å²) in [7, 11) is 0. The van der Waals surface area contributed by atoms with Gasteiger partial charge in [0.1, 0.15) is 65.9 Å². The zero-order valence-electron chi connectivity index (χ0n) is 65.9. The molecule has 3 aromatic heterocycles. The molecule has 5 heterocycles. The van der Waals surface area contributed by atoms with Crippen LogP contribution in [0.15, 0.2) is 61.3 Å². The first-order valence-corrected chi connectivity index (χ1v) is 39.3. The van der Waals surface area contributed by atoms with E-state index in [0.717, 1.165) is 44.9 Å². The van der Waals surface area contributed by atoms with Crippen molar-refractivity contribution in [3.05, 3.63) is 78.1 Å². The molecule has 2 saturated heterocycles. The second-order valence-corrected chi connectivity index (χ2v) is 30.3. The molecule has 37 heteroatoms. The third kappa shape index (κ3) is 29.6. The predicted molar refractivity (Wildman–Crippen MR) is 419 cm³/mol. The highest BCUT2D eigenvalue weighted by molar-refractivity contribution is 6.00. The Bertz CT molecular complexity index is 4200. The van der Waals surface area contributed by atoms with Crippen molar-refractivity contribution in [3.63, 3.8) is 0 Å². The summed E-state index contributed by atoms with van der Waals surface area (Å²) in [5, 5.41) is 62.3. The van der Waals surface area contributed by atoms with Crippen LogP contribution in [0.25, 0.3) is 21.8 Å². The Morgan fingerprint density at radius 3 is 1.58 bits per heavy atom. The molecule has 0 saturated carbocycles. The molecule has 2 aromatic carbocycles. The van der Waals surface area contributed by atoms with Gasteiger partial charge in [-0.15, -0.1) is 0 Å². The zero-order valence-corrected chi connectivity index (χ0v) is 65.9. The van der Waals surface area contributed by atoms with E-state index in [1.165, 1.54) is 74.4 Å². The molecule has 2 aliphatic rings. The number of primary amides is 1. The number of nitrogens with one attached hydrogen (secondary N) is 15. The standard InChI is InChI=1S/C78H112N18O19/c1-43(2)18-14-12-10-8-7-9-11-13-15-19-51-33-62(99)84-38-63(100)91-59(30-48-37-80-42-88-48)73(109)95-69(45(5)6)76(112)96-27-17-21-61(96)74(110)87-40-64(101)89-56(20-16-26-81-78(79)114)72(108)92-58(29-47-36-83-55-25-23-50(98)32-53(47)55)71(107)85-39-65(102)90-57(28-46-35-82-54-24-22-49(97)31-52(46)54)70(106)86-41-66(103)94-68(44(3)4)75(111)93-60(34-67(104)105)77(113)115-51/h22-25,31-32,35-37,42-45,51,56-61,68-69,82-83,97-98H,7-21,26-30,33-34,38-41H2,1-6H3,(H,80,88)(H,84,99)(H,85,107)(H,86,106)(H,87,110)(H,89,101)(H,90,102)(H,91,100)(H,92,108)(H,93,111)(H,94,103)(H,95,109)(H,104,105)(H3,79,81,114). The minimum atomic E-state index is -1.90. The fourth-order valence-electron chi connectivity index (χ4n) is 13.7. The first-order chi connectivity index (χ1) is 54.8. The lowest BCUT2D eigenvalue weighted by atomic mass is 10.0. The number of carbonyl (C=O) groups excluding carboxylic acids is 14. The highest BCUT2D eigenvalue weighted by Crippen LogP contribution is 2.27. The Labute approximate surface area is 665 Å². The quantitative estimate of drug-likeness (QED) is 0.0273. The number of hydrogen-bond acceptors (Lipinski definition) is 19. The van der Waals surface area contributed by atoms with Gasteiger partial charge < -0.3 is 109 Å². The molecule has 0 radical (unpaired) electrons. The number of aliphatic carboxylic acids is 1. The molecular weight excluding hydrogens is 1490 g/mol. The van der Waals surface area contributed by atoms with Gasteiger partial charge in [-0.25, -0.2) is 14.6 Å². The van der Waals surface area contributed by atoms with Crippen LogP contribution in [-0.4, -0.2) is 223 Å². The van der Waals surface area contributed by atoms with Gasteiger partial charge in [0.15, 0.2) is 0 Å². The first-order valence-electron chi connectivity index (χ1n) is 39.3. The Morgan fingerprint density at radius 2 is 1.04 bits per heavy atom. The van der Waals surface area contributed by atoms with E-state index in [-0.39, 0.29) is 69.5 Å². The zero-order chi connectivity index (χ0) is 83.8. The van der Waals surface area contributed by atoms with Crippen LogP contribution in [0.1, 0.15) is 168 Å². The number of hydrogen-bond donors (Lipinski definition) is 19. The molecule has 115 heavy (non-hydrogen) atoms. The van der Waals surface area contributed by atoms with Crippen LogP contribution in [0.3, 0.4) is 0 Å². The second-order valence-electron chi connectivity index (χ2n) is 30.3. The fraction of sp³-hybridized carbons (Fsp3) is 0.564. The molecular formula is C78H112N18O19. The van der Waals surface area contributed by atoms with Crippen LogP contribution in [0.4, 0.5) is 4.79 Å². The van der Waals surface area contributed by atoms with Gasteiger partial charge >= 0.3 is 18.0 Å². The molecule has 14 amide bonds. The highest BCUT2D eigenvalue weighted by Gasteiger charge is 2.41. The lowest BCUT2D eigenvalue weighted by Crippen LogP contribution is -2.59. The van der Waals surface area contributed by atoms with E-state index in [1.807, 2.05) is 0 Å². The number of urea groups is 1. The number of esters is 1. The average Bonchev–Trinajstić information content (AvgIpc) is 1.63. The van der Waals surface area contributed by atoms with E-state index in [0.29, 0.717) is 63.8 Å². The van der Waals surface area contributed by atoms with Crippen molar-refractivity contribution in [2.45, 2.75) is 224 Å². The van der Waals surface area contributed by atoms with Crippen molar-refractivity contribution in [3.8, 4) is 11.5 Å². The summed E-state index contributed by atoms with van der Waals surface area (Å²) < 4.78 is 5.87.